The molecule has 3 rings (SSSR count). The Kier molecular flexibility index (Phi) is 4.40. The molecule has 1 saturated carbocycles. The van der Waals surface area contributed by atoms with Crippen LogP contribution < -0.4 is 0 Å². The third-order valence-corrected chi connectivity index (χ3v) is 5.75. The van der Waals surface area contributed by atoms with Crippen LogP contribution in [-0.4, -0.2) is 41.4 Å². The molecule has 1 N–H and O–H groups in total. The van der Waals surface area contributed by atoms with Crippen LogP contribution in [0.15, 0.2) is 16.8 Å². The molecule has 1 aromatic heterocycles. The van der Waals surface area contributed by atoms with E-state index in [1.807, 2.05) is 10.3 Å². The number of hydrogen-bond donors (Lipinski definition) is 1. The molecule has 1 aliphatic heterocycles. The lowest BCUT2D eigenvalue weighted by atomic mass is 9.80. The highest BCUT2D eigenvalue weighted by Crippen LogP contribution is 2.37. The lowest BCUT2D eigenvalue weighted by molar-refractivity contribution is -0.144. The summed E-state index contributed by atoms with van der Waals surface area (Å²) < 4.78 is 0. The smallest absolute Gasteiger partial charge is 0.320 e. The maximum Gasteiger partial charge on any atom is 0.320 e. The van der Waals surface area contributed by atoms with Gasteiger partial charge in [0.25, 0.3) is 0 Å². The number of hydrogen-bond acceptors (Lipinski definition) is 4. The number of aliphatic carboxylic acids is 1. The molecule has 1 aromatic rings. The summed E-state index contributed by atoms with van der Waals surface area (Å²) in [6, 6.07) is 1.62. The second-order valence-electron chi connectivity index (χ2n) is 6.30. The van der Waals surface area contributed by atoms with Crippen LogP contribution in [0.25, 0.3) is 0 Å². The van der Waals surface area contributed by atoms with E-state index in [1.54, 1.807) is 11.3 Å². The number of thiophene rings is 1. The van der Waals surface area contributed by atoms with Crippen molar-refractivity contribution in [3.8, 4) is 0 Å². The fourth-order valence-corrected chi connectivity index (χ4v) is 4.27. The van der Waals surface area contributed by atoms with Crippen LogP contribution >= 0.6 is 11.3 Å². The molecule has 3 atom stereocenters. The molecule has 4 nitrogen and oxygen atoms in total. The molecule has 2 heterocycles. The molecule has 21 heavy (non-hydrogen) atoms. The highest BCUT2D eigenvalue weighted by molar-refractivity contribution is 7.08. The van der Waals surface area contributed by atoms with Crippen molar-refractivity contribution in [2.24, 2.45) is 11.8 Å². The van der Waals surface area contributed by atoms with Gasteiger partial charge in [-0.25, -0.2) is 0 Å². The number of likely N-dealkylation sites (tertiary alicyclic amines) is 1. The first-order valence-electron chi connectivity index (χ1n) is 7.63. The topological polar surface area (TPSA) is 57.6 Å². The quantitative estimate of drug-likeness (QED) is 0.821. The average Bonchev–Trinajstić information content (AvgIpc) is 3.05. The summed E-state index contributed by atoms with van der Waals surface area (Å²) in [5, 5.41) is 13.6. The molecule has 0 amide bonds. The number of carboxylic acid groups (broad SMARTS) is 1. The lowest BCUT2D eigenvalue weighted by Crippen LogP contribution is -2.42. The first kappa shape index (κ1) is 14.7. The molecule has 0 spiro atoms. The van der Waals surface area contributed by atoms with Crippen LogP contribution in [0.4, 0.5) is 0 Å². The molecule has 2 fully saturated rings. The zero-order chi connectivity index (χ0) is 14.8. The van der Waals surface area contributed by atoms with Crippen molar-refractivity contribution in [3.63, 3.8) is 0 Å². The number of carboxylic acids is 1. The van der Waals surface area contributed by atoms with Crippen LogP contribution in [0, 0.1) is 11.8 Å². The molecule has 0 radical (unpaired) electrons. The molecule has 1 aliphatic carbocycles. The number of carbonyl (C=O) groups excluding carboxylic acids is 1. The summed E-state index contributed by atoms with van der Waals surface area (Å²) in [6.07, 6.45) is 5.28. The fourth-order valence-electron chi connectivity index (χ4n) is 3.54. The van der Waals surface area contributed by atoms with Crippen LogP contribution in [-0.2, 0) is 9.59 Å². The van der Waals surface area contributed by atoms with Crippen molar-refractivity contribution in [1.29, 1.82) is 0 Å². The van der Waals surface area contributed by atoms with Gasteiger partial charge in [0.2, 0.25) is 0 Å². The van der Waals surface area contributed by atoms with Crippen molar-refractivity contribution >= 4 is 23.6 Å². The van der Waals surface area contributed by atoms with Crippen LogP contribution in [0.2, 0.25) is 0 Å². The van der Waals surface area contributed by atoms with Gasteiger partial charge in [0.15, 0.2) is 0 Å². The Labute approximate surface area is 128 Å². The van der Waals surface area contributed by atoms with Crippen molar-refractivity contribution in [1.82, 2.24) is 4.90 Å². The van der Waals surface area contributed by atoms with Crippen molar-refractivity contribution in [2.45, 2.75) is 37.6 Å². The van der Waals surface area contributed by atoms with Crippen LogP contribution in [0.5, 0.6) is 0 Å². The van der Waals surface area contributed by atoms with Gasteiger partial charge in [-0.2, -0.15) is 11.3 Å². The third-order valence-electron chi connectivity index (χ3n) is 5.05. The van der Waals surface area contributed by atoms with E-state index in [0.29, 0.717) is 19.0 Å². The van der Waals surface area contributed by atoms with E-state index in [0.717, 1.165) is 25.5 Å². The molecule has 0 bridgehead atoms. The highest BCUT2D eigenvalue weighted by Gasteiger charge is 2.40. The van der Waals surface area contributed by atoms with Gasteiger partial charge in [-0.3, -0.25) is 9.69 Å². The van der Waals surface area contributed by atoms with Crippen LogP contribution in [0.3, 0.4) is 0 Å². The molecule has 1 saturated heterocycles. The van der Waals surface area contributed by atoms with E-state index in [9.17, 15) is 14.7 Å². The fraction of sp³-hybridized carbons (Fsp3) is 0.625. The van der Waals surface area contributed by atoms with E-state index >= 15 is 0 Å². The summed E-state index contributed by atoms with van der Waals surface area (Å²) in [6.45, 7) is 1.26. The van der Waals surface area contributed by atoms with E-state index in [2.05, 4.69) is 11.4 Å². The molecule has 0 unspecified atom stereocenters. The Morgan fingerprint density at radius 2 is 2.29 bits per heavy atom. The van der Waals surface area contributed by atoms with Crippen LogP contribution in [0.1, 0.15) is 37.2 Å². The normalized spacial score (nSPS) is 28.2. The van der Waals surface area contributed by atoms with E-state index in [-0.39, 0.29) is 11.8 Å². The lowest BCUT2D eigenvalue weighted by Gasteiger charge is -2.32. The number of aldehydes is 1. The molecule has 114 valence electrons. The monoisotopic (exact) mass is 307 g/mol. The first-order valence-corrected chi connectivity index (χ1v) is 8.57. The maximum atomic E-state index is 11.6. The van der Waals surface area contributed by atoms with E-state index in [4.69, 9.17) is 0 Å². The maximum absolute atomic E-state index is 11.6. The van der Waals surface area contributed by atoms with Gasteiger partial charge >= 0.3 is 5.97 Å². The largest absolute Gasteiger partial charge is 0.480 e. The Morgan fingerprint density at radius 3 is 2.81 bits per heavy atom. The summed E-state index contributed by atoms with van der Waals surface area (Å²) in [5.41, 5.74) is 1.17. The second-order valence-corrected chi connectivity index (χ2v) is 7.08. The van der Waals surface area contributed by atoms with Gasteiger partial charge in [0.1, 0.15) is 12.3 Å². The predicted octanol–water partition coefficient (Wildman–Crippen LogP) is 2.61. The van der Waals surface area contributed by atoms with E-state index in [1.165, 1.54) is 12.0 Å². The van der Waals surface area contributed by atoms with Gasteiger partial charge in [-0.1, -0.05) is 19.3 Å². The summed E-state index contributed by atoms with van der Waals surface area (Å²) in [4.78, 5) is 25.0. The zero-order valence-corrected chi connectivity index (χ0v) is 12.8. The summed E-state index contributed by atoms with van der Waals surface area (Å²) in [7, 11) is 0. The van der Waals surface area contributed by atoms with E-state index < -0.39 is 12.0 Å². The minimum Gasteiger partial charge on any atom is -0.480 e. The minimum atomic E-state index is -0.738. The van der Waals surface area contributed by atoms with Gasteiger partial charge in [-0.05, 0) is 34.7 Å². The number of rotatable bonds is 6. The van der Waals surface area contributed by atoms with Gasteiger partial charge in [-0.15, -0.1) is 0 Å². The Balaban J connectivity index is 1.72. The Morgan fingerprint density at radius 1 is 1.48 bits per heavy atom. The van der Waals surface area contributed by atoms with Gasteiger partial charge in [0, 0.05) is 24.9 Å². The Hall–Kier alpha value is -1.20. The SMILES string of the molecule is O=C[C@H]1CN([C@H](CC2CCC2)C(=O)O)C[C@@H]1c1ccsc1. The molecular weight excluding hydrogens is 286 g/mol. The van der Waals surface area contributed by atoms with Crippen molar-refractivity contribution in [3.05, 3.63) is 22.4 Å². The molecular formula is C16H21NO3S. The van der Waals surface area contributed by atoms with Crippen molar-refractivity contribution in [2.75, 3.05) is 13.1 Å². The molecule has 2 aliphatic rings. The van der Waals surface area contributed by atoms with Crippen molar-refractivity contribution < 1.29 is 14.7 Å². The van der Waals surface area contributed by atoms with Gasteiger partial charge < -0.3 is 9.90 Å². The molecule has 0 aromatic carbocycles. The van der Waals surface area contributed by atoms with Gasteiger partial charge in [0.05, 0.1) is 0 Å². The highest BCUT2D eigenvalue weighted by atomic mass is 32.1. The Bertz CT molecular complexity index is 498. The second kappa shape index (κ2) is 6.28. The first-order chi connectivity index (χ1) is 10.2. The standard InChI is InChI=1S/C16H21NO3S/c18-9-13-7-17(8-14(13)12-4-5-21-10-12)15(16(19)20)6-11-2-1-3-11/h4-5,9-11,13-15H,1-3,6-8H2,(H,19,20)/t13-,14-,15-/m1/s1. The zero-order valence-electron chi connectivity index (χ0n) is 12.0. The predicted molar refractivity (Wildman–Crippen MR) is 81.6 cm³/mol. The third kappa shape index (κ3) is 3.04. The summed E-state index contributed by atoms with van der Waals surface area (Å²) >= 11 is 1.63. The molecule has 5 heteroatoms. The summed E-state index contributed by atoms with van der Waals surface area (Å²) in [5.74, 6) is -0.113. The number of nitrogens with zero attached hydrogens (tertiary/aromatic N) is 1. The minimum absolute atomic E-state index is 0.0807. The average molecular weight is 307 g/mol. The number of carbonyl (C=O) groups is 2.